The average Bonchev–Trinajstić information content (AvgIpc) is 3.19. The zero-order chi connectivity index (χ0) is 22.7. The van der Waals surface area contributed by atoms with E-state index in [1.807, 2.05) is 32.0 Å². The van der Waals surface area contributed by atoms with Gasteiger partial charge in [0.2, 0.25) is 5.91 Å². The van der Waals surface area contributed by atoms with Gasteiger partial charge in [0.05, 0.1) is 16.6 Å². The van der Waals surface area contributed by atoms with Crippen molar-refractivity contribution in [1.82, 2.24) is 24.5 Å². The molecule has 4 aromatic rings. The molecule has 0 saturated heterocycles. The van der Waals surface area contributed by atoms with Crippen LogP contribution in [-0.2, 0) is 17.1 Å². The van der Waals surface area contributed by atoms with Gasteiger partial charge in [0.25, 0.3) is 5.56 Å². The first-order valence-electron chi connectivity index (χ1n) is 9.99. The summed E-state index contributed by atoms with van der Waals surface area (Å²) >= 11 is 7.36. The predicted molar refractivity (Wildman–Crippen MR) is 126 cm³/mol. The fourth-order valence-electron chi connectivity index (χ4n) is 3.22. The van der Waals surface area contributed by atoms with E-state index in [2.05, 4.69) is 20.6 Å². The summed E-state index contributed by atoms with van der Waals surface area (Å²) in [6.45, 7) is 3.93. The molecule has 32 heavy (non-hydrogen) atoms. The van der Waals surface area contributed by atoms with Crippen molar-refractivity contribution in [2.45, 2.75) is 37.3 Å². The maximum absolute atomic E-state index is 12.9. The Balaban J connectivity index is 1.45. The smallest absolute Gasteiger partial charge is 0.262 e. The quantitative estimate of drug-likeness (QED) is 0.323. The first kappa shape index (κ1) is 22.0. The minimum absolute atomic E-state index is 0.0229. The van der Waals surface area contributed by atoms with Crippen LogP contribution in [0, 0.1) is 0 Å². The predicted octanol–water partition coefficient (Wildman–Crippen LogP) is 4.15. The molecule has 10 heteroatoms. The molecule has 0 saturated carbocycles. The Morgan fingerprint density at radius 1 is 1.19 bits per heavy atom. The second-order valence-corrected chi connectivity index (χ2v) is 8.81. The largest absolute Gasteiger partial charge is 0.324 e. The Morgan fingerprint density at radius 3 is 2.78 bits per heavy atom. The van der Waals surface area contributed by atoms with E-state index in [0.717, 1.165) is 0 Å². The molecule has 0 fully saturated rings. The third kappa shape index (κ3) is 5.00. The summed E-state index contributed by atoms with van der Waals surface area (Å²) < 4.78 is 3.16. The fourth-order valence-corrected chi connectivity index (χ4v) is 4.41. The van der Waals surface area contributed by atoms with Crippen molar-refractivity contribution in [1.29, 1.82) is 0 Å². The number of para-hydroxylation sites is 1. The van der Waals surface area contributed by atoms with E-state index >= 15 is 0 Å². The topological polar surface area (TPSA) is 94.7 Å². The second-order valence-electron chi connectivity index (χ2n) is 7.44. The summed E-state index contributed by atoms with van der Waals surface area (Å²) in [4.78, 5) is 29.9. The Hall–Kier alpha value is -3.17. The lowest BCUT2D eigenvalue weighted by Gasteiger charge is -2.15. The lowest BCUT2D eigenvalue weighted by molar-refractivity contribution is -0.116. The zero-order valence-corrected chi connectivity index (χ0v) is 19.1. The van der Waals surface area contributed by atoms with Crippen LogP contribution in [-0.4, -0.2) is 30.5 Å². The molecule has 0 aliphatic carbocycles. The van der Waals surface area contributed by atoms with Crippen molar-refractivity contribution in [2.75, 3.05) is 5.32 Å². The second kappa shape index (κ2) is 9.54. The number of nitrogens with one attached hydrogen (secondary N) is 1. The SMILES string of the molecule is CC(C)n1c(SCc2cn(CC(=O)Nc3cccc(Cl)c3)nn2)nc2ccccc2c1=O. The molecule has 1 N–H and O–H groups in total. The summed E-state index contributed by atoms with van der Waals surface area (Å²) in [5, 5.41) is 12.7. The number of benzene rings is 2. The molecule has 164 valence electrons. The van der Waals surface area contributed by atoms with Crippen LogP contribution < -0.4 is 10.9 Å². The normalized spacial score (nSPS) is 11.2. The van der Waals surface area contributed by atoms with Crippen molar-refractivity contribution >= 4 is 45.9 Å². The summed E-state index contributed by atoms with van der Waals surface area (Å²) in [6.07, 6.45) is 1.71. The van der Waals surface area contributed by atoms with Gasteiger partial charge in [0.15, 0.2) is 5.16 Å². The van der Waals surface area contributed by atoms with E-state index in [-0.39, 0.29) is 24.1 Å². The van der Waals surface area contributed by atoms with Gasteiger partial charge in [-0.15, -0.1) is 5.10 Å². The summed E-state index contributed by atoms with van der Waals surface area (Å²) in [5.74, 6) is 0.231. The fraction of sp³-hybridized carbons (Fsp3) is 0.227. The molecule has 0 aliphatic heterocycles. The van der Waals surface area contributed by atoms with E-state index < -0.39 is 0 Å². The van der Waals surface area contributed by atoms with E-state index in [4.69, 9.17) is 11.6 Å². The summed E-state index contributed by atoms with van der Waals surface area (Å²) in [5.41, 5.74) is 1.91. The number of hydrogen-bond acceptors (Lipinski definition) is 6. The van der Waals surface area contributed by atoms with Gasteiger partial charge in [0.1, 0.15) is 6.54 Å². The molecule has 4 rings (SSSR count). The van der Waals surface area contributed by atoms with Crippen LogP contribution in [0.15, 0.2) is 64.7 Å². The van der Waals surface area contributed by atoms with Crippen molar-refractivity contribution in [3.63, 3.8) is 0 Å². The van der Waals surface area contributed by atoms with Crippen molar-refractivity contribution in [2.24, 2.45) is 0 Å². The van der Waals surface area contributed by atoms with Crippen LogP contribution in [0.3, 0.4) is 0 Å². The zero-order valence-electron chi connectivity index (χ0n) is 17.5. The van der Waals surface area contributed by atoms with Crippen LogP contribution in [0.25, 0.3) is 10.9 Å². The number of anilines is 1. The molecule has 0 spiro atoms. The van der Waals surface area contributed by atoms with Gasteiger partial charge < -0.3 is 5.32 Å². The highest BCUT2D eigenvalue weighted by Crippen LogP contribution is 2.23. The maximum atomic E-state index is 12.9. The van der Waals surface area contributed by atoms with E-state index in [1.165, 1.54) is 16.4 Å². The van der Waals surface area contributed by atoms with Crippen LogP contribution in [0.5, 0.6) is 0 Å². The maximum Gasteiger partial charge on any atom is 0.262 e. The van der Waals surface area contributed by atoms with Crippen molar-refractivity contribution in [3.8, 4) is 0 Å². The van der Waals surface area contributed by atoms with Crippen LogP contribution in [0.1, 0.15) is 25.6 Å². The number of halogens is 1. The van der Waals surface area contributed by atoms with Gasteiger partial charge in [-0.3, -0.25) is 14.2 Å². The van der Waals surface area contributed by atoms with Gasteiger partial charge >= 0.3 is 0 Å². The number of carbonyl (C=O) groups excluding carboxylic acids is 1. The Bertz CT molecular complexity index is 1330. The number of hydrogen-bond donors (Lipinski definition) is 1. The number of amides is 1. The highest BCUT2D eigenvalue weighted by molar-refractivity contribution is 7.98. The van der Waals surface area contributed by atoms with Crippen molar-refractivity contribution < 1.29 is 4.79 Å². The molecule has 0 aliphatic rings. The van der Waals surface area contributed by atoms with Crippen LogP contribution >= 0.6 is 23.4 Å². The number of rotatable bonds is 7. The van der Waals surface area contributed by atoms with Crippen LogP contribution in [0.2, 0.25) is 5.02 Å². The monoisotopic (exact) mass is 468 g/mol. The van der Waals surface area contributed by atoms with Gasteiger partial charge in [-0.1, -0.05) is 46.8 Å². The molecule has 2 aromatic carbocycles. The summed E-state index contributed by atoms with van der Waals surface area (Å²) in [6, 6.07) is 14.2. The van der Waals surface area contributed by atoms with Gasteiger partial charge in [-0.2, -0.15) is 0 Å². The minimum atomic E-state index is -0.235. The number of thioether (sulfide) groups is 1. The minimum Gasteiger partial charge on any atom is -0.324 e. The van der Waals surface area contributed by atoms with Crippen LogP contribution in [0.4, 0.5) is 5.69 Å². The molecule has 0 unspecified atom stereocenters. The highest BCUT2D eigenvalue weighted by atomic mass is 35.5. The standard InChI is InChI=1S/C22H21ClN6O2S/c1-14(2)29-21(31)18-8-3-4-9-19(18)25-22(29)32-13-17-11-28(27-26-17)12-20(30)24-16-7-5-6-15(23)10-16/h3-11,14H,12-13H2,1-2H3,(H,24,30). The number of fused-ring (bicyclic) bond motifs is 1. The Kier molecular flexibility index (Phi) is 6.57. The van der Waals surface area contributed by atoms with E-state index in [1.54, 1.807) is 41.1 Å². The first-order chi connectivity index (χ1) is 15.4. The summed E-state index contributed by atoms with van der Waals surface area (Å²) in [7, 11) is 0. The number of aromatic nitrogens is 5. The molecule has 8 nitrogen and oxygen atoms in total. The molecular formula is C22H21ClN6O2S. The molecule has 2 aromatic heterocycles. The molecule has 0 atom stereocenters. The lowest BCUT2D eigenvalue weighted by Crippen LogP contribution is -2.25. The third-order valence-electron chi connectivity index (χ3n) is 4.64. The highest BCUT2D eigenvalue weighted by Gasteiger charge is 2.15. The lowest BCUT2D eigenvalue weighted by atomic mass is 10.2. The molecule has 1 amide bonds. The molecule has 2 heterocycles. The van der Waals surface area contributed by atoms with E-state index in [9.17, 15) is 9.59 Å². The molecule has 0 bridgehead atoms. The van der Waals surface area contributed by atoms with E-state index in [0.29, 0.717) is 38.2 Å². The van der Waals surface area contributed by atoms with Gasteiger partial charge in [-0.25, -0.2) is 9.67 Å². The first-order valence-corrected chi connectivity index (χ1v) is 11.4. The van der Waals surface area contributed by atoms with Gasteiger partial charge in [0, 0.05) is 28.7 Å². The van der Waals surface area contributed by atoms with Gasteiger partial charge in [-0.05, 0) is 44.2 Å². The van der Waals surface area contributed by atoms with Crippen molar-refractivity contribution in [3.05, 3.63) is 75.8 Å². The Morgan fingerprint density at radius 2 is 2.00 bits per heavy atom. The Labute approximate surface area is 193 Å². The number of nitrogens with zero attached hydrogens (tertiary/aromatic N) is 5. The third-order valence-corrected chi connectivity index (χ3v) is 5.86. The molecule has 0 radical (unpaired) electrons. The average molecular weight is 469 g/mol. The molecular weight excluding hydrogens is 448 g/mol. The number of carbonyl (C=O) groups is 1.